The van der Waals surface area contributed by atoms with Crippen LogP contribution in [0.5, 0.6) is 11.5 Å². The van der Waals surface area contributed by atoms with Crippen molar-refractivity contribution in [1.29, 1.82) is 0 Å². The van der Waals surface area contributed by atoms with Crippen molar-refractivity contribution >= 4 is 15.9 Å². The van der Waals surface area contributed by atoms with Crippen molar-refractivity contribution in [2.75, 3.05) is 7.11 Å². The number of methoxy groups -OCH3 is 1. The van der Waals surface area contributed by atoms with E-state index in [1.807, 2.05) is 18.2 Å². The predicted molar refractivity (Wildman–Crippen MR) is 71.4 cm³/mol. The summed E-state index contributed by atoms with van der Waals surface area (Å²) in [5.41, 5.74) is 0.916. The molecule has 0 unspecified atom stereocenters. The predicted octanol–water partition coefficient (Wildman–Crippen LogP) is 4.18. The lowest BCUT2D eigenvalue weighted by Gasteiger charge is -2.09. The average Bonchev–Trinajstić information content (AvgIpc) is 2.39. The third kappa shape index (κ3) is 3.23. The summed E-state index contributed by atoms with van der Waals surface area (Å²) in [4.78, 5) is 0. The van der Waals surface area contributed by atoms with Gasteiger partial charge in [-0.15, -0.1) is 0 Å². The van der Waals surface area contributed by atoms with E-state index in [4.69, 9.17) is 9.47 Å². The molecule has 0 N–H and O–H groups in total. The van der Waals surface area contributed by atoms with Gasteiger partial charge in [-0.2, -0.15) is 0 Å². The largest absolute Gasteiger partial charge is 0.497 e. The SMILES string of the molecule is COc1ccc(OCc2ccc(F)cc2)c(Br)c1. The van der Waals surface area contributed by atoms with E-state index in [9.17, 15) is 4.39 Å². The third-order valence-electron chi connectivity index (χ3n) is 2.45. The van der Waals surface area contributed by atoms with Gasteiger partial charge >= 0.3 is 0 Å². The van der Waals surface area contributed by atoms with Crippen molar-refractivity contribution < 1.29 is 13.9 Å². The van der Waals surface area contributed by atoms with Crippen molar-refractivity contribution in [3.8, 4) is 11.5 Å². The van der Waals surface area contributed by atoms with Crippen LogP contribution in [0, 0.1) is 5.82 Å². The first-order valence-electron chi connectivity index (χ1n) is 5.40. The minimum atomic E-state index is -0.246. The maximum absolute atomic E-state index is 12.7. The fourth-order valence-corrected chi connectivity index (χ4v) is 1.94. The van der Waals surface area contributed by atoms with Crippen molar-refractivity contribution in [2.45, 2.75) is 6.61 Å². The number of benzene rings is 2. The molecule has 4 heteroatoms. The Hall–Kier alpha value is -1.55. The molecule has 0 saturated heterocycles. The Labute approximate surface area is 113 Å². The minimum absolute atomic E-state index is 0.246. The summed E-state index contributed by atoms with van der Waals surface area (Å²) in [5, 5.41) is 0. The number of hydrogen-bond donors (Lipinski definition) is 0. The van der Waals surface area contributed by atoms with Crippen LogP contribution < -0.4 is 9.47 Å². The van der Waals surface area contributed by atoms with E-state index in [1.54, 1.807) is 19.2 Å². The van der Waals surface area contributed by atoms with Crippen LogP contribution >= 0.6 is 15.9 Å². The zero-order valence-corrected chi connectivity index (χ0v) is 11.4. The van der Waals surface area contributed by atoms with Crippen molar-refractivity contribution in [2.24, 2.45) is 0 Å². The number of ether oxygens (including phenoxy) is 2. The Bertz CT molecular complexity index is 526. The summed E-state index contributed by atoms with van der Waals surface area (Å²) in [5.74, 6) is 1.24. The van der Waals surface area contributed by atoms with Gasteiger partial charge in [-0.3, -0.25) is 0 Å². The molecule has 2 aromatic carbocycles. The van der Waals surface area contributed by atoms with Crippen molar-refractivity contribution in [3.05, 3.63) is 58.3 Å². The lowest BCUT2D eigenvalue weighted by Crippen LogP contribution is -1.96. The molecule has 0 heterocycles. The minimum Gasteiger partial charge on any atom is -0.497 e. The average molecular weight is 311 g/mol. The molecule has 0 saturated carbocycles. The van der Waals surface area contributed by atoms with Gasteiger partial charge in [0.25, 0.3) is 0 Å². The summed E-state index contributed by atoms with van der Waals surface area (Å²) in [7, 11) is 1.61. The fourth-order valence-electron chi connectivity index (χ4n) is 1.47. The molecule has 0 aliphatic heterocycles. The summed E-state index contributed by atoms with van der Waals surface area (Å²) in [6.07, 6.45) is 0. The van der Waals surface area contributed by atoms with Crippen molar-refractivity contribution in [1.82, 2.24) is 0 Å². The summed E-state index contributed by atoms with van der Waals surface area (Å²) in [6.45, 7) is 0.394. The molecule has 0 spiro atoms. The first kappa shape index (κ1) is 12.9. The first-order chi connectivity index (χ1) is 8.69. The molecule has 0 amide bonds. The van der Waals surface area contributed by atoms with E-state index in [0.717, 1.165) is 21.5 Å². The van der Waals surface area contributed by atoms with E-state index < -0.39 is 0 Å². The molecule has 0 fully saturated rings. The molecule has 2 aromatic rings. The Morgan fingerprint density at radius 2 is 1.83 bits per heavy atom. The van der Waals surface area contributed by atoms with Crippen LogP contribution in [-0.4, -0.2) is 7.11 Å². The molecule has 18 heavy (non-hydrogen) atoms. The molecular formula is C14H12BrFO2. The first-order valence-corrected chi connectivity index (χ1v) is 6.19. The van der Waals surface area contributed by atoms with E-state index in [0.29, 0.717) is 6.61 Å². The molecule has 0 aliphatic rings. The molecule has 2 rings (SSSR count). The Balaban J connectivity index is 2.04. The van der Waals surface area contributed by atoms with Gasteiger partial charge in [-0.1, -0.05) is 12.1 Å². The van der Waals surface area contributed by atoms with E-state index in [2.05, 4.69) is 15.9 Å². The highest BCUT2D eigenvalue weighted by molar-refractivity contribution is 9.10. The van der Waals surface area contributed by atoms with E-state index >= 15 is 0 Å². The summed E-state index contributed by atoms with van der Waals surface area (Å²) < 4.78 is 24.3. The topological polar surface area (TPSA) is 18.5 Å². The summed E-state index contributed by atoms with van der Waals surface area (Å²) in [6, 6.07) is 11.7. The maximum atomic E-state index is 12.7. The van der Waals surface area contributed by atoms with Gasteiger partial charge in [0, 0.05) is 0 Å². The van der Waals surface area contributed by atoms with Gasteiger partial charge in [0.15, 0.2) is 0 Å². The second-order valence-corrected chi connectivity index (χ2v) is 4.57. The van der Waals surface area contributed by atoms with Crippen LogP contribution in [0.2, 0.25) is 0 Å². The number of hydrogen-bond acceptors (Lipinski definition) is 2. The molecule has 0 aliphatic carbocycles. The summed E-state index contributed by atoms with van der Waals surface area (Å²) >= 11 is 3.41. The Morgan fingerprint density at radius 1 is 1.11 bits per heavy atom. The van der Waals surface area contributed by atoms with Gasteiger partial charge in [-0.25, -0.2) is 4.39 Å². The molecule has 2 nitrogen and oxygen atoms in total. The standard InChI is InChI=1S/C14H12BrFO2/c1-17-12-6-7-14(13(15)8-12)18-9-10-2-4-11(16)5-3-10/h2-8H,9H2,1H3. The van der Waals surface area contributed by atoms with E-state index in [-0.39, 0.29) is 5.82 Å². The van der Waals surface area contributed by atoms with Crippen LogP contribution in [-0.2, 0) is 6.61 Å². The molecule has 94 valence electrons. The molecule has 0 atom stereocenters. The maximum Gasteiger partial charge on any atom is 0.134 e. The Morgan fingerprint density at radius 3 is 2.44 bits per heavy atom. The highest BCUT2D eigenvalue weighted by Crippen LogP contribution is 2.29. The van der Waals surface area contributed by atoms with Crippen LogP contribution in [0.15, 0.2) is 46.9 Å². The molecule has 0 aromatic heterocycles. The normalized spacial score (nSPS) is 10.2. The molecule has 0 radical (unpaired) electrons. The zero-order valence-electron chi connectivity index (χ0n) is 9.82. The number of rotatable bonds is 4. The third-order valence-corrected chi connectivity index (χ3v) is 3.07. The monoisotopic (exact) mass is 310 g/mol. The quantitative estimate of drug-likeness (QED) is 0.843. The highest BCUT2D eigenvalue weighted by Gasteiger charge is 2.03. The van der Waals surface area contributed by atoms with Crippen LogP contribution in [0.3, 0.4) is 0 Å². The second kappa shape index (κ2) is 5.87. The highest BCUT2D eigenvalue weighted by atomic mass is 79.9. The van der Waals surface area contributed by atoms with Crippen molar-refractivity contribution in [3.63, 3.8) is 0 Å². The van der Waals surface area contributed by atoms with E-state index in [1.165, 1.54) is 12.1 Å². The zero-order chi connectivity index (χ0) is 13.0. The Kier molecular flexibility index (Phi) is 4.20. The smallest absolute Gasteiger partial charge is 0.134 e. The van der Waals surface area contributed by atoms with Gasteiger partial charge in [0.1, 0.15) is 23.9 Å². The fraction of sp³-hybridized carbons (Fsp3) is 0.143. The molecular weight excluding hydrogens is 299 g/mol. The van der Waals surface area contributed by atoms with Gasteiger partial charge in [0.2, 0.25) is 0 Å². The second-order valence-electron chi connectivity index (χ2n) is 3.71. The van der Waals surface area contributed by atoms with Crippen LogP contribution in [0.4, 0.5) is 4.39 Å². The molecule has 0 bridgehead atoms. The van der Waals surface area contributed by atoms with Gasteiger partial charge < -0.3 is 9.47 Å². The van der Waals surface area contributed by atoms with Gasteiger partial charge in [0.05, 0.1) is 11.6 Å². The lowest BCUT2D eigenvalue weighted by atomic mass is 10.2. The van der Waals surface area contributed by atoms with Crippen LogP contribution in [0.1, 0.15) is 5.56 Å². The van der Waals surface area contributed by atoms with Gasteiger partial charge in [-0.05, 0) is 51.8 Å². The number of halogens is 2. The lowest BCUT2D eigenvalue weighted by molar-refractivity contribution is 0.303. The van der Waals surface area contributed by atoms with Crippen LogP contribution in [0.25, 0.3) is 0 Å².